The first-order valence-corrected chi connectivity index (χ1v) is 8.72. The molecule has 1 aliphatic carbocycles. The minimum absolute atomic E-state index is 0.172. The predicted octanol–water partition coefficient (Wildman–Crippen LogP) is 3.73. The summed E-state index contributed by atoms with van der Waals surface area (Å²) >= 11 is 9.33. The molecule has 0 aliphatic heterocycles. The highest BCUT2D eigenvalue weighted by molar-refractivity contribution is 7.99. The molecule has 2 unspecified atom stereocenters. The summed E-state index contributed by atoms with van der Waals surface area (Å²) in [5.41, 5.74) is 0. The average molecular weight is 304 g/mol. The van der Waals surface area contributed by atoms with Crippen molar-refractivity contribution in [2.24, 2.45) is 0 Å². The molecule has 2 nitrogen and oxygen atoms in total. The van der Waals surface area contributed by atoms with Crippen molar-refractivity contribution in [3.63, 3.8) is 0 Å². The zero-order valence-corrected chi connectivity index (χ0v) is 12.8. The number of amides is 1. The number of hydrogen-bond donors (Lipinski definition) is 1. The van der Waals surface area contributed by atoms with Crippen LogP contribution in [-0.4, -0.2) is 23.5 Å². The van der Waals surface area contributed by atoms with Gasteiger partial charge in [0, 0.05) is 22.6 Å². The van der Waals surface area contributed by atoms with Crippen molar-refractivity contribution >= 4 is 40.6 Å². The van der Waals surface area contributed by atoms with Crippen LogP contribution in [0.5, 0.6) is 0 Å². The van der Waals surface area contributed by atoms with Crippen molar-refractivity contribution < 1.29 is 4.79 Å². The van der Waals surface area contributed by atoms with Crippen LogP contribution in [0.4, 0.5) is 0 Å². The van der Waals surface area contributed by atoms with E-state index in [0.29, 0.717) is 12.5 Å². The number of thioether (sulfide) groups is 1. The van der Waals surface area contributed by atoms with E-state index in [-0.39, 0.29) is 5.91 Å². The molecule has 18 heavy (non-hydrogen) atoms. The number of carbonyl (C=O) groups excluding carboxylic acids is 1. The minimum atomic E-state index is 0.172. The van der Waals surface area contributed by atoms with E-state index in [1.165, 1.54) is 11.3 Å². The number of hydrogen-bond acceptors (Lipinski definition) is 3. The van der Waals surface area contributed by atoms with Crippen LogP contribution in [-0.2, 0) is 11.2 Å². The molecule has 0 bridgehead atoms. The van der Waals surface area contributed by atoms with E-state index in [1.54, 1.807) is 11.3 Å². The molecule has 2 rings (SSSR count). The van der Waals surface area contributed by atoms with Gasteiger partial charge in [0.25, 0.3) is 0 Å². The SMILES string of the molecule is CSC1CCC(NC(=O)CCc2ccc(Cl)s2)C1. The summed E-state index contributed by atoms with van der Waals surface area (Å²) in [7, 11) is 0. The standard InChI is InChI=1S/C13H18ClNOS2/c1-17-11-3-2-9(8-11)15-13(16)7-5-10-4-6-12(14)18-10/h4,6,9,11H,2-3,5,7-8H2,1H3,(H,15,16). The third-order valence-electron chi connectivity index (χ3n) is 3.31. The molecular formula is C13H18ClNOS2. The Morgan fingerprint density at radius 2 is 2.39 bits per heavy atom. The van der Waals surface area contributed by atoms with Crippen LogP contribution in [0.25, 0.3) is 0 Å². The van der Waals surface area contributed by atoms with Crippen LogP contribution < -0.4 is 5.32 Å². The lowest BCUT2D eigenvalue weighted by atomic mass is 10.2. The average Bonchev–Trinajstić information content (AvgIpc) is 2.95. The molecule has 2 atom stereocenters. The van der Waals surface area contributed by atoms with Crippen LogP contribution in [0.15, 0.2) is 12.1 Å². The Bertz CT molecular complexity index is 407. The summed E-state index contributed by atoms with van der Waals surface area (Å²) in [6.07, 6.45) is 6.99. The smallest absolute Gasteiger partial charge is 0.220 e. The molecule has 1 heterocycles. The maximum atomic E-state index is 11.8. The van der Waals surface area contributed by atoms with Gasteiger partial charge in [0.15, 0.2) is 0 Å². The molecule has 1 N–H and O–H groups in total. The van der Waals surface area contributed by atoms with Crippen molar-refractivity contribution in [2.75, 3.05) is 6.26 Å². The summed E-state index contributed by atoms with van der Waals surface area (Å²) in [5.74, 6) is 0.172. The maximum Gasteiger partial charge on any atom is 0.220 e. The van der Waals surface area contributed by atoms with Gasteiger partial charge in [0.2, 0.25) is 5.91 Å². The van der Waals surface area contributed by atoms with Crippen LogP contribution in [0.1, 0.15) is 30.6 Å². The largest absolute Gasteiger partial charge is 0.353 e. The number of nitrogens with one attached hydrogen (secondary N) is 1. The summed E-state index contributed by atoms with van der Waals surface area (Å²) in [5, 5.41) is 3.87. The minimum Gasteiger partial charge on any atom is -0.353 e. The summed E-state index contributed by atoms with van der Waals surface area (Å²) in [4.78, 5) is 13.0. The summed E-state index contributed by atoms with van der Waals surface area (Å²) < 4.78 is 0.795. The van der Waals surface area contributed by atoms with Gasteiger partial charge in [0.1, 0.15) is 0 Å². The third kappa shape index (κ3) is 4.18. The molecule has 1 aromatic heterocycles. The van der Waals surface area contributed by atoms with E-state index in [0.717, 1.165) is 28.8 Å². The van der Waals surface area contributed by atoms with Gasteiger partial charge < -0.3 is 5.32 Å². The lowest BCUT2D eigenvalue weighted by Crippen LogP contribution is -2.33. The molecule has 0 saturated heterocycles. The van der Waals surface area contributed by atoms with Crippen molar-refractivity contribution in [3.05, 3.63) is 21.3 Å². The van der Waals surface area contributed by atoms with Gasteiger partial charge in [-0.2, -0.15) is 11.8 Å². The monoisotopic (exact) mass is 303 g/mol. The topological polar surface area (TPSA) is 29.1 Å². The van der Waals surface area contributed by atoms with E-state index in [4.69, 9.17) is 11.6 Å². The molecule has 0 aromatic carbocycles. The highest BCUT2D eigenvalue weighted by atomic mass is 35.5. The second-order valence-corrected chi connectivity index (χ2v) is 7.58. The fourth-order valence-corrected chi connectivity index (χ4v) is 4.19. The van der Waals surface area contributed by atoms with Crippen LogP contribution in [0.2, 0.25) is 4.34 Å². The molecule has 1 fully saturated rings. The fourth-order valence-electron chi connectivity index (χ4n) is 2.31. The molecular weight excluding hydrogens is 286 g/mol. The number of rotatable bonds is 5. The Hall–Kier alpha value is -0.190. The van der Waals surface area contributed by atoms with Crippen molar-refractivity contribution in [2.45, 2.75) is 43.4 Å². The highest BCUT2D eigenvalue weighted by Crippen LogP contribution is 2.28. The first kappa shape index (κ1) is 14.2. The predicted molar refractivity (Wildman–Crippen MR) is 80.7 cm³/mol. The zero-order valence-electron chi connectivity index (χ0n) is 10.4. The fraction of sp³-hybridized carbons (Fsp3) is 0.615. The molecule has 5 heteroatoms. The molecule has 1 aromatic rings. The van der Waals surface area contributed by atoms with Crippen molar-refractivity contribution in [3.8, 4) is 0 Å². The Kier molecular flexibility index (Phi) is 5.39. The molecule has 100 valence electrons. The van der Waals surface area contributed by atoms with E-state index in [9.17, 15) is 4.79 Å². The Labute approximate surface area is 121 Å². The van der Waals surface area contributed by atoms with E-state index in [1.807, 2.05) is 23.9 Å². The van der Waals surface area contributed by atoms with E-state index < -0.39 is 0 Å². The van der Waals surface area contributed by atoms with Gasteiger partial charge >= 0.3 is 0 Å². The second kappa shape index (κ2) is 6.83. The Morgan fingerprint density at radius 1 is 1.56 bits per heavy atom. The van der Waals surface area contributed by atoms with Crippen molar-refractivity contribution in [1.82, 2.24) is 5.32 Å². The van der Waals surface area contributed by atoms with Gasteiger partial charge in [-0.15, -0.1) is 11.3 Å². The lowest BCUT2D eigenvalue weighted by Gasteiger charge is -2.12. The van der Waals surface area contributed by atoms with Crippen LogP contribution in [0.3, 0.4) is 0 Å². The quantitative estimate of drug-likeness (QED) is 0.898. The molecule has 0 radical (unpaired) electrons. The van der Waals surface area contributed by atoms with E-state index in [2.05, 4.69) is 11.6 Å². The molecule has 1 saturated carbocycles. The first-order chi connectivity index (χ1) is 8.67. The van der Waals surface area contributed by atoms with Crippen LogP contribution in [0, 0.1) is 0 Å². The van der Waals surface area contributed by atoms with Gasteiger partial charge in [-0.3, -0.25) is 4.79 Å². The Morgan fingerprint density at radius 3 is 3.00 bits per heavy atom. The Balaban J connectivity index is 1.69. The van der Waals surface area contributed by atoms with Gasteiger partial charge in [-0.05, 0) is 44.1 Å². The van der Waals surface area contributed by atoms with Crippen LogP contribution >= 0.6 is 34.7 Å². The highest BCUT2D eigenvalue weighted by Gasteiger charge is 2.24. The number of aryl methyl sites for hydroxylation is 1. The van der Waals surface area contributed by atoms with Gasteiger partial charge in [-0.1, -0.05) is 11.6 Å². The number of halogens is 1. The van der Waals surface area contributed by atoms with Gasteiger partial charge in [-0.25, -0.2) is 0 Å². The normalized spacial score (nSPS) is 23.2. The second-order valence-electron chi connectivity index (χ2n) is 4.64. The lowest BCUT2D eigenvalue weighted by molar-refractivity contribution is -0.121. The number of carbonyl (C=O) groups is 1. The molecule has 1 aliphatic rings. The zero-order chi connectivity index (χ0) is 13.0. The third-order valence-corrected chi connectivity index (χ3v) is 5.70. The van der Waals surface area contributed by atoms with Gasteiger partial charge in [0.05, 0.1) is 4.34 Å². The maximum absolute atomic E-state index is 11.8. The van der Waals surface area contributed by atoms with E-state index >= 15 is 0 Å². The number of thiophene rings is 1. The molecule has 0 spiro atoms. The summed E-state index contributed by atoms with van der Waals surface area (Å²) in [6, 6.07) is 4.28. The van der Waals surface area contributed by atoms with Crippen molar-refractivity contribution in [1.29, 1.82) is 0 Å². The molecule has 1 amide bonds. The summed E-state index contributed by atoms with van der Waals surface area (Å²) in [6.45, 7) is 0. The first-order valence-electron chi connectivity index (χ1n) is 6.23.